The number of barbiturate groups is 1. The second kappa shape index (κ2) is 6.87. The Morgan fingerprint density at radius 1 is 1.00 bits per heavy atom. The maximum atomic E-state index is 11.8. The van der Waals surface area contributed by atoms with Crippen LogP contribution in [0.5, 0.6) is 0 Å². The molecule has 1 aromatic rings. The van der Waals surface area contributed by atoms with Crippen LogP contribution < -0.4 is 10.6 Å². The Bertz CT molecular complexity index is 832. The van der Waals surface area contributed by atoms with Crippen molar-refractivity contribution in [2.45, 2.75) is 26.1 Å². The number of carbonyl (C=O) groups excluding carboxylic acids is 3. The van der Waals surface area contributed by atoms with E-state index >= 15 is 0 Å². The average Bonchev–Trinajstić information content (AvgIpc) is 2.61. The molecular weight excluding hydrogens is 336 g/mol. The standard InChI is InChI=1S/C19H18N2O5/c1-3-19(2)25-13(11-15(26-19)12-7-5-4-6-8-12)9-10-14-16(22)20-18(24)21-17(14)23/h4-11H,3H2,1-2H3,(H2,20,21,22,23,24)/b13-9-/t19-/m0/s1. The van der Waals surface area contributed by atoms with Crippen LogP contribution >= 0.6 is 0 Å². The summed E-state index contributed by atoms with van der Waals surface area (Å²) in [5, 5.41) is 4.04. The molecule has 2 heterocycles. The summed E-state index contributed by atoms with van der Waals surface area (Å²) in [5.74, 6) is -1.33. The summed E-state index contributed by atoms with van der Waals surface area (Å²) in [7, 11) is 0. The topological polar surface area (TPSA) is 93.7 Å². The minimum atomic E-state index is -0.878. The van der Waals surface area contributed by atoms with Crippen LogP contribution in [0.15, 0.2) is 59.9 Å². The first-order valence-corrected chi connectivity index (χ1v) is 8.14. The minimum absolute atomic E-state index is 0.181. The van der Waals surface area contributed by atoms with Crippen LogP contribution in [0.1, 0.15) is 25.8 Å². The molecule has 0 aromatic heterocycles. The number of amides is 4. The van der Waals surface area contributed by atoms with Crippen molar-refractivity contribution in [1.29, 1.82) is 0 Å². The van der Waals surface area contributed by atoms with Crippen LogP contribution in [-0.2, 0) is 19.1 Å². The molecule has 0 aliphatic carbocycles. The summed E-state index contributed by atoms with van der Waals surface area (Å²) < 4.78 is 11.8. The lowest BCUT2D eigenvalue weighted by atomic mass is 10.1. The number of hydrogen-bond acceptors (Lipinski definition) is 5. The molecule has 7 heteroatoms. The number of hydrogen-bond donors (Lipinski definition) is 2. The van der Waals surface area contributed by atoms with Gasteiger partial charge in [-0.05, 0) is 12.2 Å². The molecule has 1 aromatic carbocycles. The average molecular weight is 354 g/mol. The van der Waals surface area contributed by atoms with E-state index in [1.54, 1.807) is 6.08 Å². The lowest BCUT2D eigenvalue weighted by Crippen LogP contribution is -2.51. The zero-order valence-corrected chi connectivity index (χ0v) is 14.4. The van der Waals surface area contributed by atoms with E-state index in [9.17, 15) is 14.4 Å². The van der Waals surface area contributed by atoms with Crippen LogP contribution in [0.2, 0.25) is 0 Å². The second-order valence-electron chi connectivity index (χ2n) is 5.95. The third-order valence-corrected chi connectivity index (χ3v) is 3.99. The Kier molecular flexibility index (Phi) is 4.62. The largest absolute Gasteiger partial charge is 0.453 e. The Morgan fingerprint density at radius 2 is 1.65 bits per heavy atom. The van der Waals surface area contributed by atoms with Gasteiger partial charge in [0.25, 0.3) is 11.8 Å². The highest BCUT2D eigenvalue weighted by molar-refractivity contribution is 6.29. The van der Waals surface area contributed by atoms with Gasteiger partial charge in [-0.3, -0.25) is 20.2 Å². The Morgan fingerprint density at radius 3 is 2.27 bits per heavy atom. The highest BCUT2D eigenvalue weighted by Crippen LogP contribution is 2.34. The fourth-order valence-corrected chi connectivity index (χ4v) is 2.45. The maximum absolute atomic E-state index is 11.8. The predicted octanol–water partition coefficient (Wildman–Crippen LogP) is 2.38. The van der Waals surface area contributed by atoms with Crippen LogP contribution in [0.25, 0.3) is 5.76 Å². The van der Waals surface area contributed by atoms with Gasteiger partial charge in [0.2, 0.25) is 5.79 Å². The van der Waals surface area contributed by atoms with Crippen LogP contribution in [0.3, 0.4) is 0 Å². The maximum Gasteiger partial charge on any atom is 0.328 e. The van der Waals surface area contributed by atoms with E-state index < -0.39 is 23.6 Å². The molecule has 26 heavy (non-hydrogen) atoms. The summed E-state index contributed by atoms with van der Waals surface area (Å²) in [4.78, 5) is 34.7. The quantitative estimate of drug-likeness (QED) is 0.642. The molecule has 3 rings (SSSR count). The molecule has 0 bridgehead atoms. The van der Waals surface area contributed by atoms with Gasteiger partial charge in [0.1, 0.15) is 17.1 Å². The van der Waals surface area contributed by atoms with E-state index in [0.717, 1.165) is 5.56 Å². The zero-order valence-electron chi connectivity index (χ0n) is 14.4. The van der Waals surface area contributed by atoms with Gasteiger partial charge in [0.05, 0.1) is 0 Å². The Hall–Kier alpha value is -3.35. The molecule has 2 aliphatic heterocycles. The highest BCUT2D eigenvalue weighted by Gasteiger charge is 2.32. The SMILES string of the molecule is CC[C@]1(C)OC(c2ccccc2)=C/C(=C/C=C2C(=O)NC(=O)NC2=O)O1. The number of ether oxygens (including phenoxy) is 2. The molecule has 1 fully saturated rings. The molecule has 0 radical (unpaired) electrons. The molecule has 7 nitrogen and oxygen atoms in total. The second-order valence-corrected chi connectivity index (χ2v) is 5.95. The van der Waals surface area contributed by atoms with Crippen molar-refractivity contribution in [3.8, 4) is 0 Å². The molecule has 1 atom stereocenters. The molecule has 0 saturated carbocycles. The van der Waals surface area contributed by atoms with E-state index in [1.165, 1.54) is 12.2 Å². The van der Waals surface area contributed by atoms with Crippen molar-refractivity contribution in [3.05, 3.63) is 65.5 Å². The summed E-state index contributed by atoms with van der Waals surface area (Å²) in [6.45, 7) is 3.74. The number of benzene rings is 1. The van der Waals surface area contributed by atoms with Crippen molar-refractivity contribution >= 4 is 23.6 Å². The number of rotatable bonds is 3. The molecule has 2 aliphatic rings. The first-order chi connectivity index (χ1) is 12.4. The van der Waals surface area contributed by atoms with Gasteiger partial charge in [0.15, 0.2) is 0 Å². The zero-order chi connectivity index (χ0) is 18.7. The number of carbonyl (C=O) groups is 3. The van der Waals surface area contributed by atoms with Crippen molar-refractivity contribution in [1.82, 2.24) is 10.6 Å². The molecule has 0 unspecified atom stereocenters. The molecule has 2 N–H and O–H groups in total. The first-order valence-electron chi connectivity index (χ1n) is 8.14. The van der Waals surface area contributed by atoms with Gasteiger partial charge in [-0.15, -0.1) is 0 Å². The summed E-state index contributed by atoms with van der Waals surface area (Å²) >= 11 is 0. The third kappa shape index (κ3) is 3.66. The number of urea groups is 1. The van der Waals surface area contributed by atoms with Crippen molar-refractivity contribution in [2.24, 2.45) is 0 Å². The molecule has 134 valence electrons. The molecule has 0 spiro atoms. The van der Waals surface area contributed by atoms with Crippen LogP contribution in [-0.4, -0.2) is 23.6 Å². The van der Waals surface area contributed by atoms with Crippen molar-refractivity contribution < 1.29 is 23.9 Å². The van der Waals surface area contributed by atoms with Crippen LogP contribution in [0, 0.1) is 0 Å². The smallest absolute Gasteiger partial charge is 0.328 e. The van der Waals surface area contributed by atoms with Gasteiger partial charge < -0.3 is 9.47 Å². The Balaban J connectivity index is 1.95. The van der Waals surface area contributed by atoms with Gasteiger partial charge >= 0.3 is 6.03 Å². The van der Waals surface area contributed by atoms with Gasteiger partial charge in [-0.2, -0.15) is 0 Å². The lowest BCUT2D eigenvalue weighted by Gasteiger charge is -2.35. The molecule has 4 amide bonds. The van der Waals surface area contributed by atoms with E-state index in [2.05, 4.69) is 0 Å². The lowest BCUT2D eigenvalue weighted by molar-refractivity contribution is -0.165. The van der Waals surface area contributed by atoms with E-state index in [4.69, 9.17) is 9.47 Å². The van der Waals surface area contributed by atoms with Gasteiger partial charge in [-0.1, -0.05) is 37.3 Å². The number of imide groups is 2. The Labute approximate surface area is 150 Å². The van der Waals surface area contributed by atoms with Crippen LogP contribution in [0.4, 0.5) is 4.79 Å². The van der Waals surface area contributed by atoms with Gasteiger partial charge in [0, 0.05) is 25.0 Å². The first kappa shape index (κ1) is 17.5. The van der Waals surface area contributed by atoms with Crippen molar-refractivity contribution in [3.63, 3.8) is 0 Å². The van der Waals surface area contributed by atoms with E-state index in [1.807, 2.05) is 54.8 Å². The van der Waals surface area contributed by atoms with Crippen molar-refractivity contribution in [2.75, 3.05) is 0 Å². The van der Waals surface area contributed by atoms with E-state index in [0.29, 0.717) is 17.9 Å². The highest BCUT2D eigenvalue weighted by atomic mass is 16.7. The summed E-state index contributed by atoms with van der Waals surface area (Å²) in [6.07, 6.45) is 5.09. The fourth-order valence-electron chi connectivity index (χ4n) is 2.45. The fraction of sp³-hybridized carbons (Fsp3) is 0.211. The summed E-state index contributed by atoms with van der Waals surface area (Å²) in [5.41, 5.74) is 0.702. The molecule has 1 saturated heterocycles. The summed E-state index contributed by atoms with van der Waals surface area (Å²) in [6, 6.07) is 8.70. The van der Waals surface area contributed by atoms with Gasteiger partial charge in [-0.25, -0.2) is 4.79 Å². The number of allylic oxidation sites excluding steroid dienone is 3. The third-order valence-electron chi connectivity index (χ3n) is 3.99. The van der Waals surface area contributed by atoms with E-state index in [-0.39, 0.29) is 5.57 Å². The number of nitrogens with one attached hydrogen (secondary N) is 2. The minimum Gasteiger partial charge on any atom is -0.453 e. The molecular formula is C19H18N2O5. The normalized spacial score (nSPS) is 24.2. The predicted molar refractivity (Wildman–Crippen MR) is 93.1 cm³/mol. The monoisotopic (exact) mass is 354 g/mol.